The first-order valence-corrected chi connectivity index (χ1v) is 40.3. The quantitative estimate of drug-likeness (QED) is 0.0222. The van der Waals surface area contributed by atoms with E-state index in [4.69, 9.17) is 37.0 Å². The fraction of sp³-hybridized carbons (Fsp3) is 0.944. The van der Waals surface area contributed by atoms with E-state index >= 15 is 0 Å². The Kier molecular flexibility index (Phi) is 60.3. The summed E-state index contributed by atoms with van der Waals surface area (Å²) in [5.74, 6) is 0.842. The van der Waals surface area contributed by atoms with Crippen molar-refractivity contribution in [2.75, 3.05) is 39.6 Å². The molecule has 0 fully saturated rings. The van der Waals surface area contributed by atoms with Gasteiger partial charge in [0.15, 0.2) is 12.2 Å². The van der Waals surface area contributed by atoms with Crippen molar-refractivity contribution in [2.24, 2.45) is 23.7 Å². The second-order valence-electron chi connectivity index (χ2n) is 27.4. The molecule has 7 atom stereocenters. The first-order valence-electron chi connectivity index (χ1n) is 37.3. The summed E-state index contributed by atoms with van der Waals surface area (Å²) in [4.78, 5) is 72.5. The number of phosphoric acid groups is 2. The monoisotopic (exact) mass is 1340 g/mol. The summed E-state index contributed by atoms with van der Waals surface area (Å²) >= 11 is 0. The maximum Gasteiger partial charge on any atom is 0.472 e. The van der Waals surface area contributed by atoms with E-state index in [0.29, 0.717) is 37.5 Å². The third kappa shape index (κ3) is 63.9. The van der Waals surface area contributed by atoms with Crippen LogP contribution in [0.25, 0.3) is 0 Å². The average molecular weight is 1340 g/mol. The summed E-state index contributed by atoms with van der Waals surface area (Å²) in [6.45, 7) is 14.0. The summed E-state index contributed by atoms with van der Waals surface area (Å²) in [5, 5.41) is 10.6. The minimum absolute atomic E-state index is 0.101. The smallest absolute Gasteiger partial charge is 0.462 e. The largest absolute Gasteiger partial charge is 0.472 e. The molecule has 0 amide bonds. The third-order valence-corrected chi connectivity index (χ3v) is 19.2. The van der Waals surface area contributed by atoms with Crippen LogP contribution in [0.2, 0.25) is 0 Å². The SMILES string of the molecule is CCC(C)CCCCCCCCCCCCCCCCCCCCC(=O)O[C@H](COC(=O)CCCCCCCCC(C)CC)COP(=O)(O)OCC(O)COP(=O)(O)OC[C@@H](COC(=O)CCCCCCCCCC(C)C)OC(=O)CCCCCCCCC(C)C. The number of esters is 4. The molecule has 0 rings (SSSR count). The predicted molar refractivity (Wildman–Crippen MR) is 367 cm³/mol. The fourth-order valence-electron chi connectivity index (χ4n) is 10.8. The lowest BCUT2D eigenvalue weighted by atomic mass is 9.99. The molecule has 0 aromatic carbocycles. The second-order valence-corrected chi connectivity index (χ2v) is 30.3. The molecule has 17 nitrogen and oxygen atoms in total. The van der Waals surface area contributed by atoms with Crippen molar-refractivity contribution in [1.82, 2.24) is 0 Å². The van der Waals surface area contributed by atoms with E-state index < -0.39 is 97.5 Å². The molecular weight excluding hydrogens is 1200 g/mol. The molecule has 0 aromatic heterocycles. The van der Waals surface area contributed by atoms with Gasteiger partial charge in [-0.1, -0.05) is 306 Å². The second kappa shape index (κ2) is 61.6. The van der Waals surface area contributed by atoms with Gasteiger partial charge in [0.05, 0.1) is 26.4 Å². The summed E-state index contributed by atoms with van der Waals surface area (Å²) in [6, 6.07) is 0. The van der Waals surface area contributed by atoms with Gasteiger partial charge in [0, 0.05) is 25.7 Å². The summed E-state index contributed by atoms with van der Waals surface area (Å²) in [5.41, 5.74) is 0. The first kappa shape index (κ1) is 89.1. The maximum absolute atomic E-state index is 13.0. The maximum atomic E-state index is 13.0. The van der Waals surface area contributed by atoms with Gasteiger partial charge in [-0.15, -0.1) is 0 Å². The number of rotatable bonds is 69. The van der Waals surface area contributed by atoms with Crippen LogP contribution in [0.1, 0.15) is 357 Å². The summed E-state index contributed by atoms with van der Waals surface area (Å²) in [6.07, 6.45) is 44.9. The Hall–Kier alpha value is -1.94. The third-order valence-electron chi connectivity index (χ3n) is 17.3. The number of ether oxygens (including phenoxy) is 4. The molecule has 0 bridgehead atoms. The lowest BCUT2D eigenvalue weighted by Crippen LogP contribution is -2.30. The van der Waals surface area contributed by atoms with Crippen molar-refractivity contribution in [2.45, 2.75) is 375 Å². The van der Waals surface area contributed by atoms with Crippen LogP contribution < -0.4 is 0 Å². The van der Waals surface area contributed by atoms with E-state index in [9.17, 15) is 43.2 Å². The Morgan fingerprint density at radius 2 is 0.527 bits per heavy atom. The molecule has 91 heavy (non-hydrogen) atoms. The van der Waals surface area contributed by atoms with Gasteiger partial charge >= 0.3 is 39.5 Å². The van der Waals surface area contributed by atoms with Crippen molar-refractivity contribution in [3.8, 4) is 0 Å². The van der Waals surface area contributed by atoms with E-state index in [1.54, 1.807) is 0 Å². The minimum atomic E-state index is -4.95. The zero-order valence-corrected chi connectivity index (χ0v) is 61.3. The van der Waals surface area contributed by atoms with E-state index in [2.05, 4.69) is 55.4 Å². The Balaban J connectivity index is 5.13. The number of aliphatic hydroxyl groups is 1. The van der Waals surface area contributed by atoms with Crippen LogP contribution >= 0.6 is 15.6 Å². The Bertz CT molecular complexity index is 1800. The zero-order chi connectivity index (χ0) is 67.5. The number of unbranched alkanes of at least 4 members (excludes halogenated alkanes) is 33. The van der Waals surface area contributed by atoms with Crippen LogP contribution in [-0.4, -0.2) is 96.7 Å². The van der Waals surface area contributed by atoms with E-state index in [1.165, 1.54) is 148 Å². The first-order chi connectivity index (χ1) is 43.7. The lowest BCUT2D eigenvalue weighted by Gasteiger charge is -2.21. The van der Waals surface area contributed by atoms with Crippen LogP contribution in [0.3, 0.4) is 0 Å². The summed E-state index contributed by atoms with van der Waals surface area (Å²) < 4.78 is 68.2. The van der Waals surface area contributed by atoms with Crippen LogP contribution in [0.15, 0.2) is 0 Å². The number of carbonyl (C=O) groups excluding carboxylic acids is 4. The molecule has 0 aromatic rings. The molecule has 5 unspecified atom stereocenters. The van der Waals surface area contributed by atoms with E-state index in [1.807, 2.05) is 0 Å². The van der Waals surface area contributed by atoms with Crippen molar-refractivity contribution < 1.29 is 80.2 Å². The van der Waals surface area contributed by atoms with Gasteiger partial charge in [-0.2, -0.15) is 0 Å². The number of phosphoric ester groups is 2. The highest BCUT2D eigenvalue weighted by Crippen LogP contribution is 2.45. The molecular formula is C72H140O17P2. The van der Waals surface area contributed by atoms with Gasteiger partial charge in [-0.25, -0.2) is 9.13 Å². The van der Waals surface area contributed by atoms with Crippen LogP contribution in [-0.2, 0) is 65.4 Å². The van der Waals surface area contributed by atoms with Gasteiger partial charge in [-0.3, -0.25) is 37.3 Å². The average Bonchev–Trinajstić information content (AvgIpc) is 2.65. The van der Waals surface area contributed by atoms with Crippen molar-refractivity contribution in [3.05, 3.63) is 0 Å². The highest BCUT2D eigenvalue weighted by Gasteiger charge is 2.30. The van der Waals surface area contributed by atoms with Crippen molar-refractivity contribution >= 4 is 39.5 Å². The number of hydrogen-bond donors (Lipinski definition) is 3. The molecule has 0 aliphatic carbocycles. The van der Waals surface area contributed by atoms with Crippen LogP contribution in [0, 0.1) is 23.7 Å². The Labute approximate surface area is 556 Å². The van der Waals surface area contributed by atoms with Gasteiger partial charge in [0.1, 0.15) is 19.3 Å². The normalized spacial score (nSPS) is 14.8. The van der Waals surface area contributed by atoms with Gasteiger partial charge < -0.3 is 33.8 Å². The molecule has 3 N–H and O–H groups in total. The van der Waals surface area contributed by atoms with Gasteiger partial charge in [0.25, 0.3) is 0 Å². The van der Waals surface area contributed by atoms with Gasteiger partial charge in [0.2, 0.25) is 0 Å². The Morgan fingerprint density at radius 3 is 0.780 bits per heavy atom. The number of aliphatic hydroxyl groups excluding tert-OH is 1. The fourth-order valence-corrected chi connectivity index (χ4v) is 12.4. The standard InChI is InChI=1S/C72H140O17P2/c1-9-64(7)50-42-34-25-21-19-17-15-13-11-12-14-16-18-20-22-26-38-46-54-71(76)88-67(59-83-70(75)53-45-37-31-29-35-43-51-65(8)10-2)60-86-90(78,79)84-56-66(73)57-85-91(80,81)87-61-68(89-72(77)55-47-39-30-28-33-41-49-63(5)6)58-82-69(74)52-44-36-27-23-24-32-40-48-62(3)4/h62-68,73H,9-61H2,1-8H3,(H,78,79)(H,80,81)/t64?,65?,66?,67-,68-/m1/s1. The minimum Gasteiger partial charge on any atom is -0.462 e. The molecule has 0 aliphatic rings. The van der Waals surface area contributed by atoms with Gasteiger partial charge in [-0.05, 0) is 49.4 Å². The molecule has 0 saturated carbocycles. The molecule has 540 valence electrons. The highest BCUT2D eigenvalue weighted by molar-refractivity contribution is 7.47. The Morgan fingerprint density at radius 1 is 0.308 bits per heavy atom. The lowest BCUT2D eigenvalue weighted by molar-refractivity contribution is -0.161. The highest BCUT2D eigenvalue weighted by atomic mass is 31.2. The number of hydrogen-bond acceptors (Lipinski definition) is 15. The molecule has 0 spiro atoms. The predicted octanol–water partition coefficient (Wildman–Crippen LogP) is 20.5. The topological polar surface area (TPSA) is 237 Å². The van der Waals surface area contributed by atoms with Crippen LogP contribution in [0.4, 0.5) is 0 Å². The molecule has 0 heterocycles. The molecule has 0 saturated heterocycles. The molecule has 0 radical (unpaired) electrons. The van der Waals surface area contributed by atoms with E-state index in [-0.39, 0.29) is 25.7 Å². The van der Waals surface area contributed by atoms with Crippen LogP contribution in [0.5, 0.6) is 0 Å². The van der Waals surface area contributed by atoms with Crippen molar-refractivity contribution in [1.29, 1.82) is 0 Å². The molecule has 19 heteroatoms. The van der Waals surface area contributed by atoms with E-state index in [0.717, 1.165) is 115 Å². The molecule has 0 aliphatic heterocycles. The van der Waals surface area contributed by atoms with Crippen molar-refractivity contribution in [3.63, 3.8) is 0 Å². The summed E-state index contributed by atoms with van der Waals surface area (Å²) in [7, 11) is -9.90. The number of carbonyl (C=O) groups is 4. The zero-order valence-electron chi connectivity index (χ0n) is 59.5.